The number of likely N-dealkylation sites (N-methyl/N-ethyl adjacent to an activating group) is 1. The fourth-order valence-electron chi connectivity index (χ4n) is 1.51. The lowest BCUT2D eigenvalue weighted by Crippen LogP contribution is -2.35. The molecule has 7 heteroatoms. The second kappa shape index (κ2) is 5.79. The maximum atomic E-state index is 11.7. The van der Waals surface area contributed by atoms with Crippen molar-refractivity contribution in [3.05, 3.63) is 23.8 Å². The van der Waals surface area contributed by atoms with Gasteiger partial charge in [-0.1, -0.05) is 6.07 Å². The van der Waals surface area contributed by atoms with Gasteiger partial charge < -0.3 is 9.64 Å². The number of carbonyl (C=O) groups excluding carboxylic acids is 1. The molecule has 5 nitrogen and oxygen atoms in total. The maximum absolute atomic E-state index is 11.7. The number of rotatable bonds is 4. The third kappa shape index (κ3) is 4.11. The van der Waals surface area contributed by atoms with E-state index in [2.05, 4.69) is 0 Å². The van der Waals surface area contributed by atoms with E-state index >= 15 is 0 Å². The summed E-state index contributed by atoms with van der Waals surface area (Å²) in [6, 6.07) is 4.59. The summed E-state index contributed by atoms with van der Waals surface area (Å²) < 4.78 is 28.4. The molecule has 0 radical (unpaired) electrons. The smallest absolute Gasteiger partial charge is 0.264 e. The van der Waals surface area contributed by atoms with Gasteiger partial charge in [-0.3, -0.25) is 4.79 Å². The van der Waals surface area contributed by atoms with Crippen LogP contribution in [0.4, 0.5) is 0 Å². The van der Waals surface area contributed by atoms with Crippen molar-refractivity contribution in [2.45, 2.75) is 24.8 Å². The van der Waals surface area contributed by atoms with Crippen LogP contribution < -0.4 is 4.74 Å². The van der Waals surface area contributed by atoms with Gasteiger partial charge >= 0.3 is 0 Å². The first kappa shape index (κ1) is 15.8. The Kier molecular flexibility index (Phi) is 4.81. The Morgan fingerprint density at radius 2 is 1.95 bits per heavy atom. The Labute approximate surface area is 117 Å². The average Bonchev–Trinajstić information content (AvgIpc) is 2.28. The van der Waals surface area contributed by atoms with Crippen LogP contribution in [-0.2, 0) is 13.8 Å². The normalized spacial score (nSPS) is 12.9. The van der Waals surface area contributed by atoms with Crippen LogP contribution >= 0.6 is 10.7 Å². The van der Waals surface area contributed by atoms with E-state index in [1.54, 1.807) is 34.0 Å². The van der Waals surface area contributed by atoms with Gasteiger partial charge in [-0.2, -0.15) is 0 Å². The van der Waals surface area contributed by atoms with Crippen molar-refractivity contribution in [3.63, 3.8) is 0 Å². The summed E-state index contributed by atoms with van der Waals surface area (Å²) in [5.41, 5.74) is 0.734. The minimum absolute atomic E-state index is 0.0725. The molecule has 0 aliphatic carbocycles. The molecule has 0 heterocycles. The molecule has 0 saturated heterocycles. The number of ether oxygens (including phenoxy) is 1. The zero-order valence-corrected chi connectivity index (χ0v) is 12.7. The molecule has 1 amide bonds. The highest BCUT2D eigenvalue weighted by Gasteiger charge is 2.22. The fraction of sp³-hybridized carbons (Fsp3) is 0.417. The lowest BCUT2D eigenvalue weighted by molar-refractivity contribution is -0.135. The van der Waals surface area contributed by atoms with Crippen LogP contribution in [0.3, 0.4) is 0 Å². The summed E-state index contributed by atoms with van der Waals surface area (Å²) in [6.07, 6.45) is -0.796. The van der Waals surface area contributed by atoms with Gasteiger partial charge in [0.2, 0.25) is 0 Å². The summed E-state index contributed by atoms with van der Waals surface area (Å²) in [4.78, 5) is 12.9. The van der Waals surface area contributed by atoms with E-state index in [1.165, 1.54) is 17.0 Å². The van der Waals surface area contributed by atoms with Crippen molar-refractivity contribution in [2.75, 3.05) is 14.1 Å². The number of benzene rings is 1. The summed E-state index contributed by atoms with van der Waals surface area (Å²) in [6.45, 7) is 3.29. The molecule has 106 valence electrons. The van der Waals surface area contributed by atoms with Gasteiger partial charge in [0, 0.05) is 24.8 Å². The average molecular weight is 306 g/mol. The molecule has 0 aromatic heterocycles. The fourth-order valence-corrected chi connectivity index (χ4v) is 2.55. The van der Waals surface area contributed by atoms with Gasteiger partial charge in [-0.15, -0.1) is 0 Å². The van der Waals surface area contributed by atoms with E-state index in [0.717, 1.165) is 5.56 Å². The van der Waals surface area contributed by atoms with Gasteiger partial charge in [-0.05, 0) is 31.5 Å². The van der Waals surface area contributed by atoms with Crippen molar-refractivity contribution in [1.82, 2.24) is 4.90 Å². The monoisotopic (exact) mass is 305 g/mol. The summed E-state index contributed by atoms with van der Waals surface area (Å²) in [7, 11) is 4.62. The number of amides is 1. The van der Waals surface area contributed by atoms with Gasteiger partial charge in [-0.25, -0.2) is 8.42 Å². The van der Waals surface area contributed by atoms with Gasteiger partial charge in [0.15, 0.2) is 6.10 Å². The van der Waals surface area contributed by atoms with Crippen LogP contribution in [0.1, 0.15) is 12.5 Å². The maximum Gasteiger partial charge on any atom is 0.264 e. The largest absolute Gasteiger partial charge is 0.479 e. The minimum Gasteiger partial charge on any atom is -0.479 e. The predicted molar refractivity (Wildman–Crippen MR) is 73.0 cm³/mol. The van der Waals surface area contributed by atoms with Crippen molar-refractivity contribution >= 4 is 25.6 Å². The van der Waals surface area contributed by atoms with Gasteiger partial charge in [0.1, 0.15) is 10.6 Å². The summed E-state index contributed by atoms with van der Waals surface area (Å²) >= 11 is 0. The molecule has 1 aromatic carbocycles. The molecule has 1 rings (SSSR count). The lowest BCUT2D eigenvalue weighted by atomic mass is 10.2. The van der Waals surface area contributed by atoms with E-state index in [9.17, 15) is 13.2 Å². The highest BCUT2D eigenvalue weighted by atomic mass is 35.7. The van der Waals surface area contributed by atoms with E-state index < -0.39 is 15.2 Å². The molecule has 19 heavy (non-hydrogen) atoms. The number of hydrogen-bond acceptors (Lipinski definition) is 4. The van der Waals surface area contributed by atoms with Crippen molar-refractivity contribution < 1.29 is 17.9 Å². The number of carbonyl (C=O) groups is 1. The molecule has 0 N–H and O–H groups in total. The third-order valence-electron chi connectivity index (χ3n) is 2.45. The van der Waals surface area contributed by atoms with Crippen LogP contribution in [-0.4, -0.2) is 39.4 Å². The van der Waals surface area contributed by atoms with Crippen molar-refractivity contribution in [3.8, 4) is 5.75 Å². The predicted octanol–water partition coefficient (Wildman–Crippen LogP) is 1.78. The van der Waals surface area contributed by atoms with E-state index in [0.29, 0.717) is 0 Å². The standard InChI is InChI=1S/C12H16ClNO4S/c1-8-5-6-10(11(7-8)19(13,16)17)18-9(2)12(15)14(3)4/h5-7,9H,1-4H3. The van der Waals surface area contributed by atoms with Crippen molar-refractivity contribution in [1.29, 1.82) is 0 Å². The summed E-state index contributed by atoms with van der Waals surface area (Å²) in [5, 5.41) is 0. The first-order chi connectivity index (χ1) is 8.62. The minimum atomic E-state index is -3.93. The number of nitrogens with zero attached hydrogens (tertiary/aromatic N) is 1. The molecular formula is C12H16ClNO4S. The lowest BCUT2D eigenvalue weighted by Gasteiger charge is -2.19. The molecule has 0 aliphatic heterocycles. The Hall–Kier alpha value is -1.27. The quantitative estimate of drug-likeness (QED) is 0.795. The molecule has 0 saturated carbocycles. The van der Waals surface area contributed by atoms with E-state index in [-0.39, 0.29) is 16.6 Å². The van der Waals surface area contributed by atoms with Crippen molar-refractivity contribution in [2.24, 2.45) is 0 Å². The van der Waals surface area contributed by atoms with Crippen LogP contribution in [0.25, 0.3) is 0 Å². The zero-order chi connectivity index (χ0) is 14.8. The highest BCUT2D eigenvalue weighted by molar-refractivity contribution is 8.13. The molecule has 1 unspecified atom stereocenters. The molecule has 1 aromatic rings. The number of halogens is 1. The van der Waals surface area contributed by atoms with E-state index in [4.69, 9.17) is 15.4 Å². The molecule has 1 atom stereocenters. The molecule has 0 aliphatic rings. The Bertz CT molecular complexity index is 583. The number of hydrogen-bond donors (Lipinski definition) is 0. The third-order valence-corrected chi connectivity index (χ3v) is 3.80. The Balaban J connectivity index is 3.12. The van der Waals surface area contributed by atoms with Gasteiger partial charge in [0.25, 0.3) is 15.0 Å². The Morgan fingerprint density at radius 1 is 1.37 bits per heavy atom. The zero-order valence-electron chi connectivity index (χ0n) is 11.2. The first-order valence-corrected chi connectivity index (χ1v) is 7.87. The summed E-state index contributed by atoms with van der Waals surface area (Å²) in [5.74, 6) is -0.193. The topological polar surface area (TPSA) is 63.7 Å². The van der Waals surface area contributed by atoms with Crippen LogP contribution in [0.15, 0.2) is 23.1 Å². The second-order valence-corrected chi connectivity index (χ2v) is 6.92. The van der Waals surface area contributed by atoms with Crippen LogP contribution in [0, 0.1) is 6.92 Å². The molecule has 0 spiro atoms. The second-order valence-electron chi connectivity index (χ2n) is 4.38. The van der Waals surface area contributed by atoms with E-state index in [1.807, 2.05) is 0 Å². The first-order valence-electron chi connectivity index (χ1n) is 5.56. The van der Waals surface area contributed by atoms with Gasteiger partial charge in [0.05, 0.1) is 0 Å². The SMILES string of the molecule is Cc1ccc(OC(C)C(=O)N(C)C)c(S(=O)(=O)Cl)c1. The van der Waals surface area contributed by atoms with Crippen LogP contribution in [0.5, 0.6) is 5.75 Å². The Morgan fingerprint density at radius 3 is 2.42 bits per heavy atom. The molecule has 0 bridgehead atoms. The number of aryl methyl sites for hydroxylation is 1. The van der Waals surface area contributed by atoms with Crippen LogP contribution in [0.2, 0.25) is 0 Å². The molecular weight excluding hydrogens is 290 g/mol. The highest BCUT2D eigenvalue weighted by Crippen LogP contribution is 2.28. The molecule has 0 fully saturated rings.